The molecule has 0 saturated heterocycles. The molecule has 0 aliphatic carbocycles. The molecule has 0 amide bonds. The number of halogens is 3. The molecule has 0 aliphatic rings. The van der Waals surface area contributed by atoms with E-state index in [1.807, 2.05) is 0 Å². The van der Waals surface area contributed by atoms with Crippen molar-refractivity contribution < 1.29 is 9.13 Å². The van der Waals surface area contributed by atoms with Gasteiger partial charge in [-0.3, -0.25) is 9.78 Å². The molecule has 4 aromatic rings. The lowest BCUT2D eigenvalue weighted by Crippen LogP contribution is -2.14. The van der Waals surface area contributed by atoms with E-state index in [1.165, 1.54) is 29.2 Å². The van der Waals surface area contributed by atoms with Crippen LogP contribution in [0.1, 0.15) is 0 Å². The lowest BCUT2D eigenvalue weighted by Gasteiger charge is -2.11. The summed E-state index contributed by atoms with van der Waals surface area (Å²) >= 11 is 12.5. The monoisotopic (exact) mass is 402 g/mol. The van der Waals surface area contributed by atoms with Crippen molar-refractivity contribution in [3.63, 3.8) is 0 Å². The lowest BCUT2D eigenvalue weighted by atomic mass is 10.1. The maximum atomic E-state index is 13.7. The van der Waals surface area contributed by atoms with Crippen LogP contribution >= 0.6 is 23.2 Å². The predicted octanol–water partition coefficient (Wildman–Crippen LogP) is 4.39. The number of rotatable bonds is 3. The zero-order chi connectivity index (χ0) is 19.0. The van der Waals surface area contributed by atoms with Gasteiger partial charge in [0.15, 0.2) is 11.6 Å². The minimum atomic E-state index is -0.624. The molecular formula is C18H9Cl2FN4O2. The van der Waals surface area contributed by atoms with Crippen LogP contribution in [0.4, 0.5) is 4.39 Å². The second-order valence-corrected chi connectivity index (χ2v) is 6.25. The Labute approximate surface area is 161 Å². The first kappa shape index (κ1) is 17.4. The maximum absolute atomic E-state index is 13.7. The molecule has 0 saturated carbocycles. The normalized spacial score (nSPS) is 10.9. The number of hydrogen-bond donors (Lipinski definition) is 0. The summed E-state index contributed by atoms with van der Waals surface area (Å²) in [6.45, 7) is 0. The molecule has 0 spiro atoms. The molecule has 134 valence electrons. The van der Waals surface area contributed by atoms with Gasteiger partial charge in [-0.15, -0.1) is 5.10 Å². The van der Waals surface area contributed by atoms with Crippen molar-refractivity contribution in [3.05, 3.63) is 81.3 Å². The van der Waals surface area contributed by atoms with Gasteiger partial charge < -0.3 is 4.74 Å². The molecule has 0 atom stereocenters. The minimum Gasteiger partial charge on any atom is -0.434 e. The first-order valence-corrected chi connectivity index (χ1v) is 8.40. The van der Waals surface area contributed by atoms with Crippen LogP contribution in [0.25, 0.3) is 16.6 Å². The molecule has 9 heteroatoms. The van der Waals surface area contributed by atoms with Gasteiger partial charge in [0, 0.05) is 23.9 Å². The Balaban J connectivity index is 1.87. The van der Waals surface area contributed by atoms with E-state index >= 15 is 0 Å². The molecule has 4 rings (SSSR count). The number of fused-ring (bicyclic) bond motifs is 1. The molecule has 0 fully saturated rings. The van der Waals surface area contributed by atoms with E-state index < -0.39 is 11.4 Å². The van der Waals surface area contributed by atoms with Crippen LogP contribution in [0.5, 0.6) is 11.6 Å². The van der Waals surface area contributed by atoms with Crippen LogP contribution < -0.4 is 10.3 Å². The van der Waals surface area contributed by atoms with Gasteiger partial charge in [-0.1, -0.05) is 29.3 Å². The largest absolute Gasteiger partial charge is 0.434 e. The summed E-state index contributed by atoms with van der Waals surface area (Å²) in [5, 5.41) is 4.85. The molecule has 0 unspecified atom stereocenters. The summed E-state index contributed by atoms with van der Waals surface area (Å²) in [4.78, 5) is 19.9. The van der Waals surface area contributed by atoms with Crippen molar-refractivity contribution >= 4 is 28.7 Å². The minimum absolute atomic E-state index is 0.0276. The molecule has 0 radical (unpaired) electrons. The topological polar surface area (TPSA) is 69.4 Å². The zero-order valence-corrected chi connectivity index (χ0v) is 14.9. The molecule has 3 aromatic heterocycles. The van der Waals surface area contributed by atoms with E-state index in [4.69, 9.17) is 27.9 Å². The Kier molecular flexibility index (Phi) is 4.47. The van der Waals surface area contributed by atoms with E-state index in [0.717, 1.165) is 6.20 Å². The fraction of sp³-hybridized carbons (Fsp3) is 0. The van der Waals surface area contributed by atoms with Gasteiger partial charge in [-0.25, -0.2) is 8.91 Å². The van der Waals surface area contributed by atoms with Gasteiger partial charge in [0.05, 0.1) is 27.3 Å². The Morgan fingerprint density at radius 3 is 2.56 bits per heavy atom. The lowest BCUT2D eigenvalue weighted by molar-refractivity contribution is 0.418. The van der Waals surface area contributed by atoms with Crippen molar-refractivity contribution in [2.45, 2.75) is 0 Å². The highest BCUT2D eigenvalue weighted by Gasteiger charge is 2.17. The molecule has 0 N–H and O–H groups in total. The average Bonchev–Trinajstić information content (AvgIpc) is 2.65. The smallest absolute Gasteiger partial charge is 0.281 e. The molecule has 0 aliphatic heterocycles. The molecule has 0 bridgehead atoms. The van der Waals surface area contributed by atoms with Gasteiger partial charge in [-0.05, 0) is 18.2 Å². The van der Waals surface area contributed by atoms with Gasteiger partial charge in [0.25, 0.3) is 5.56 Å². The molecule has 1 aromatic carbocycles. The summed E-state index contributed by atoms with van der Waals surface area (Å²) in [6, 6.07) is 9.41. The number of ether oxygens (including phenoxy) is 1. The average molecular weight is 403 g/mol. The fourth-order valence-corrected chi connectivity index (χ4v) is 3.16. The van der Waals surface area contributed by atoms with Crippen LogP contribution in [0, 0.1) is 5.82 Å². The number of aromatic nitrogens is 4. The van der Waals surface area contributed by atoms with Gasteiger partial charge in [0.1, 0.15) is 6.33 Å². The Hall–Kier alpha value is -3.03. The molecule has 3 heterocycles. The summed E-state index contributed by atoms with van der Waals surface area (Å²) in [7, 11) is 0. The number of nitrogens with zero attached hydrogens (tertiary/aromatic N) is 4. The van der Waals surface area contributed by atoms with Crippen molar-refractivity contribution in [1.82, 2.24) is 19.6 Å². The number of benzene rings is 1. The first-order valence-electron chi connectivity index (χ1n) is 7.65. The SMILES string of the molecule is O=c1ncn2nc(Oc3ccncc3F)ccc2c1-c1c(Cl)cccc1Cl. The number of pyridine rings is 1. The molecule has 27 heavy (non-hydrogen) atoms. The molecular weight excluding hydrogens is 394 g/mol. The van der Waals surface area contributed by atoms with Gasteiger partial charge in [0.2, 0.25) is 5.88 Å². The Morgan fingerprint density at radius 1 is 1.04 bits per heavy atom. The van der Waals surface area contributed by atoms with Crippen LogP contribution in [0.3, 0.4) is 0 Å². The first-order chi connectivity index (χ1) is 13.0. The summed E-state index contributed by atoms with van der Waals surface area (Å²) in [5.74, 6) is -0.546. The van der Waals surface area contributed by atoms with Crippen molar-refractivity contribution in [3.8, 4) is 22.8 Å². The van der Waals surface area contributed by atoms with Gasteiger partial charge >= 0.3 is 0 Å². The van der Waals surface area contributed by atoms with E-state index in [9.17, 15) is 9.18 Å². The fourth-order valence-electron chi connectivity index (χ4n) is 2.57. The maximum Gasteiger partial charge on any atom is 0.281 e. The van der Waals surface area contributed by atoms with E-state index in [1.54, 1.807) is 24.3 Å². The second kappa shape index (κ2) is 6.94. The third-order valence-corrected chi connectivity index (χ3v) is 4.38. The van der Waals surface area contributed by atoms with Crippen molar-refractivity contribution in [2.75, 3.05) is 0 Å². The summed E-state index contributed by atoms with van der Waals surface area (Å²) in [5.41, 5.74) is 0.502. The number of hydrogen-bond acceptors (Lipinski definition) is 5. The summed E-state index contributed by atoms with van der Waals surface area (Å²) in [6.07, 6.45) is 3.67. The van der Waals surface area contributed by atoms with Gasteiger partial charge in [-0.2, -0.15) is 4.98 Å². The Morgan fingerprint density at radius 2 is 1.81 bits per heavy atom. The van der Waals surface area contributed by atoms with Crippen LogP contribution in [0.2, 0.25) is 10.0 Å². The third-order valence-electron chi connectivity index (χ3n) is 3.75. The standard InChI is InChI=1S/C18H9Cl2FN4O2/c19-10-2-1-3-11(20)16(10)17-13-4-5-15(24-25(13)9-23-18(17)26)27-14-6-7-22-8-12(14)21/h1-9H. The summed E-state index contributed by atoms with van der Waals surface area (Å²) < 4.78 is 20.5. The van der Waals surface area contributed by atoms with E-state index in [2.05, 4.69) is 15.1 Å². The highest BCUT2D eigenvalue weighted by molar-refractivity contribution is 6.39. The van der Waals surface area contributed by atoms with E-state index in [0.29, 0.717) is 21.1 Å². The predicted molar refractivity (Wildman–Crippen MR) is 99.0 cm³/mol. The van der Waals surface area contributed by atoms with Crippen molar-refractivity contribution in [1.29, 1.82) is 0 Å². The van der Waals surface area contributed by atoms with Crippen molar-refractivity contribution in [2.24, 2.45) is 0 Å². The molecule has 6 nitrogen and oxygen atoms in total. The van der Waals surface area contributed by atoms with Crippen LogP contribution in [0.15, 0.2) is 59.9 Å². The van der Waals surface area contributed by atoms with Crippen LogP contribution in [-0.4, -0.2) is 19.6 Å². The van der Waals surface area contributed by atoms with Crippen LogP contribution in [-0.2, 0) is 0 Å². The third kappa shape index (κ3) is 3.22. The second-order valence-electron chi connectivity index (χ2n) is 5.43. The zero-order valence-electron chi connectivity index (χ0n) is 13.4. The van der Waals surface area contributed by atoms with E-state index in [-0.39, 0.29) is 17.2 Å². The highest BCUT2D eigenvalue weighted by Crippen LogP contribution is 2.35. The highest BCUT2D eigenvalue weighted by atomic mass is 35.5. The quantitative estimate of drug-likeness (QED) is 0.508. The Bertz CT molecular complexity index is 1210.